The number of nitriles is 1. The van der Waals surface area contributed by atoms with Crippen LogP contribution in [0.4, 0.5) is 0 Å². The van der Waals surface area contributed by atoms with Crippen LogP contribution in [0.15, 0.2) is 24.3 Å². The molecule has 2 aromatic rings. The van der Waals surface area contributed by atoms with Crippen LogP contribution in [0.1, 0.15) is 47.8 Å². The molecule has 1 heterocycles. The number of hydrogen-bond acceptors (Lipinski definition) is 3. The van der Waals surface area contributed by atoms with Crippen molar-refractivity contribution < 1.29 is 4.79 Å². The fraction of sp³-hybridized carbons (Fsp3) is 0.476. The van der Waals surface area contributed by atoms with Crippen LogP contribution in [0.25, 0.3) is 0 Å². The van der Waals surface area contributed by atoms with Gasteiger partial charge in [-0.2, -0.15) is 10.4 Å². The summed E-state index contributed by atoms with van der Waals surface area (Å²) in [6.45, 7) is 7.34. The van der Waals surface area contributed by atoms with Crippen molar-refractivity contribution in [3.8, 4) is 6.07 Å². The van der Waals surface area contributed by atoms with E-state index in [2.05, 4.69) is 42.4 Å². The molecule has 0 unspecified atom stereocenters. The highest BCUT2D eigenvalue weighted by molar-refractivity contribution is 5.76. The van der Waals surface area contributed by atoms with Gasteiger partial charge in [-0.25, -0.2) is 0 Å². The summed E-state index contributed by atoms with van der Waals surface area (Å²) in [6, 6.07) is 10.6. The lowest BCUT2D eigenvalue weighted by molar-refractivity contribution is -0.130. The molecule has 0 fully saturated rings. The number of aromatic nitrogens is 2. The lowest BCUT2D eigenvalue weighted by Crippen LogP contribution is -2.26. The van der Waals surface area contributed by atoms with Gasteiger partial charge in [0.25, 0.3) is 0 Å². The van der Waals surface area contributed by atoms with Crippen LogP contribution in [0.2, 0.25) is 0 Å². The summed E-state index contributed by atoms with van der Waals surface area (Å²) in [5.74, 6) is 0.133. The fourth-order valence-electron chi connectivity index (χ4n) is 3.13. The zero-order chi connectivity index (χ0) is 19.1. The van der Waals surface area contributed by atoms with Crippen molar-refractivity contribution in [3.63, 3.8) is 0 Å². The molecule has 0 aliphatic carbocycles. The predicted molar refractivity (Wildman–Crippen MR) is 103 cm³/mol. The van der Waals surface area contributed by atoms with Crippen molar-refractivity contribution in [1.82, 2.24) is 14.7 Å². The molecule has 1 aromatic carbocycles. The molecule has 0 radical (unpaired) electrons. The zero-order valence-electron chi connectivity index (χ0n) is 16.2. The van der Waals surface area contributed by atoms with Gasteiger partial charge >= 0.3 is 0 Å². The third-order valence-corrected chi connectivity index (χ3v) is 4.83. The van der Waals surface area contributed by atoms with Crippen LogP contribution in [0, 0.1) is 25.2 Å². The molecule has 0 aliphatic rings. The van der Waals surface area contributed by atoms with Gasteiger partial charge in [-0.05, 0) is 43.4 Å². The van der Waals surface area contributed by atoms with Crippen molar-refractivity contribution >= 4 is 5.91 Å². The van der Waals surface area contributed by atoms with E-state index in [-0.39, 0.29) is 5.91 Å². The lowest BCUT2D eigenvalue weighted by Gasteiger charge is -2.17. The van der Waals surface area contributed by atoms with E-state index >= 15 is 0 Å². The second-order valence-electron chi connectivity index (χ2n) is 6.70. The van der Waals surface area contributed by atoms with Gasteiger partial charge in [-0.1, -0.05) is 31.2 Å². The largest absolute Gasteiger partial charge is 0.341 e. The van der Waals surface area contributed by atoms with Gasteiger partial charge in [0.2, 0.25) is 5.91 Å². The van der Waals surface area contributed by atoms with E-state index in [9.17, 15) is 4.79 Å². The Balaban J connectivity index is 1.93. The number of aryl methyl sites for hydroxylation is 3. The van der Waals surface area contributed by atoms with Crippen LogP contribution >= 0.6 is 0 Å². The zero-order valence-corrected chi connectivity index (χ0v) is 16.2. The van der Waals surface area contributed by atoms with Crippen molar-refractivity contribution in [2.24, 2.45) is 0 Å². The number of hydrogen-bond donors (Lipinski definition) is 0. The molecular formula is C21H28N4O. The predicted octanol–water partition coefficient (Wildman–Crippen LogP) is 3.57. The van der Waals surface area contributed by atoms with Crippen LogP contribution in [-0.2, 0) is 30.7 Å². The van der Waals surface area contributed by atoms with Crippen LogP contribution in [0.3, 0.4) is 0 Å². The van der Waals surface area contributed by atoms with Crippen LogP contribution in [0.5, 0.6) is 0 Å². The molecular weight excluding hydrogens is 324 g/mol. The van der Waals surface area contributed by atoms with Crippen molar-refractivity contribution in [3.05, 3.63) is 52.3 Å². The first-order chi connectivity index (χ1) is 12.5. The third kappa shape index (κ3) is 4.95. The lowest BCUT2D eigenvalue weighted by atomic mass is 10.1. The summed E-state index contributed by atoms with van der Waals surface area (Å²) in [6.07, 6.45) is 2.62. The van der Waals surface area contributed by atoms with Gasteiger partial charge in [-0.15, -0.1) is 0 Å². The molecule has 0 saturated heterocycles. The molecule has 0 aliphatic heterocycles. The number of rotatable bonds is 8. The summed E-state index contributed by atoms with van der Waals surface area (Å²) in [4.78, 5) is 14.3. The number of carbonyl (C=O) groups excluding carboxylic acids is 1. The highest BCUT2D eigenvalue weighted by atomic mass is 16.2. The quantitative estimate of drug-likeness (QED) is 0.730. The minimum Gasteiger partial charge on any atom is -0.341 e. The molecule has 1 aromatic heterocycles. The minimum absolute atomic E-state index is 0.133. The summed E-state index contributed by atoms with van der Waals surface area (Å²) in [5, 5.41) is 13.2. The average Bonchev–Trinajstić information content (AvgIpc) is 2.91. The fourth-order valence-corrected chi connectivity index (χ4v) is 3.13. The first kappa shape index (κ1) is 19.7. The van der Waals surface area contributed by atoms with Crippen molar-refractivity contribution in [1.29, 1.82) is 5.26 Å². The van der Waals surface area contributed by atoms with E-state index in [0.29, 0.717) is 32.4 Å². The van der Waals surface area contributed by atoms with Gasteiger partial charge < -0.3 is 4.90 Å². The Morgan fingerprint density at radius 3 is 2.50 bits per heavy atom. The van der Waals surface area contributed by atoms with Gasteiger partial charge in [0.1, 0.15) is 0 Å². The molecule has 0 saturated carbocycles. The maximum Gasteiger partial charge on any atom is 0.222 e. The Labute approximate surface area is 156 Å². The molecule has 5 heteroatoms. The average molecular weight is 352 g/mol. The van der Waals surface area contributed by atoms with E-state index in [1.807, 2.05) is 25.6 Å². The van der Waals surface area contributed by atoms with E-state index < -0.39 is 0 Å². The summed E-state index contributed by atoms with van der Waals surface area (Å²) in [7, 11) is 1.85. The van der Waals surface area contributed by atoms with Gasteiger partial charge in [0.05, 0.1) is 24.7 Å². The first-order valence-corrected chi connectivity index (χ1v) is 9.17. The highest BCUT2D eigenvalue weighted by Crippen LogP contribution is 2.16. The summed E-state index contributed by atoms with van der Waals surface area (Å²) < 4.78 is 1.87. The highest BCUT2D eigenvalue weighted by Gasteiger charge is 2.15. The third-order valence-electron chi connectivity index (χ3n) is 4.83. The number of nitrogens with zero attached hydrogens (tertiary/aromatic N) is 4. The van der Waals surface area contributed by atoms with Gasteiger partial charge in [0, 0.05) is 25.7 Å². The van der Waals surface area contributed by atoms with E-state index in [1.165, 1.54) is 5.56 Å². The maximum atomic E-state index is 12.5. The van der Waals surface area contributed by atoms with Crippen molar-refractivity contribution in [2.75, 3.05) is 7.05 Å². The first-order valence-electron chi connectivity index (χ1n) is 9.17. The second-order valence-corrected chi connectivity index (χ2v) is 6.70. The molecule has 0 N–H and O–H groups in total. The molecule has 26 heavy (non-hydrogen) atoms. The Kier molecular flexibility index (Phi) is 6.97. The summed E-state index contributed by atoms with van der Waals surface area (Å²) >= 11 is 0. The molecule has 0 spiro atoms. The molecule has 5 nitrogen and oxygen atoms in total. The number of benzene rings is 1. The second kappa shape index (κ2) is 9.19. The topological polar surface area (TPSA) is 61.9 Å². The Bertz CT molecular complexity index is 784. The monoisotopic (exact) mass is 352 g/mol. The van der Waals surface area contributed by atoms with E-state index in [1.54, 1.807) is 4.90 Å². The number of carbonyl (C=O) groups is 1. The van der Waals surface area contributed by atoms with Gasteiger partial charge in [0.15, 0.2) is 0 Å². The number of amides is 1. The van der Waals surface area contributed by atoms with Crippen LogP contribution in [-0.4, -0.2) is 27.6 Å². The Hall–Kier alpha value is -2.61. The van der Waals surface area contributed by atoms with Crippen LogP contribution < -0.4 is 0 Å². The maximum absolute atomic E-state index is 12.5. The SMILES string of the molecule is CCc1ccc(CN(C)C(=O)CCc2c(C)nn(CCC#N)c2C)cc1. The standard InChI is InChI=1S/C21H28N4O/c1-5-18-7-9-19(10-8-18)15-24(4)21(26)12-11-20-16(2)23-25(17(20)3)14-6-13-22/h7-10H,5-6,11-12,14-15H2,1-4H3. The molecule has 0 atom stereocenters. The van der Waals surface area contributed by atoms with E-state index in [0.717, 1.165) is 28.9 Å². The normalized spacial score (nSPS) is 10.6. The van der Waals surface area contributed by atoms with Crippen molar-refractivity contribution in [2.45, 2.75) is 59.5 Å². The van der Waals surface area contributed by atoms with E-state index in [4.69, 9.17) is 5.26 Å². The summed E-state index contributed by atoms with van der Waals surface area (Å²) in [5.41, 5.74) is 5.59. The molecule has 1 amide bonds. The van der Waals surface area contributed by atoms with Gasteiger partial charge in [-0.3, -0.25) is 9.48 Å². The Morgan fingerprint density at radius 2 is 1.88 bits per heavy atom. The Morgan fingerprint density at radius 1 is 1.23 bits per heavy atom. The molecule has 138 valence electrons. The smallest absolute Gasteiger partial charge is 0.222 e. The minimum atomic E-state index is 0.133. The molecule has 2 rings (SSSR count). The molecule has 0 bridgehead atoms.